The maximum absolute atomic E-state index is 12.5. The van der Waals surface area contributed by atoms with E-state index in [-0.39, 0.29) is 11.5 Å². The molecular formula is C21H21N5O3. The molecule has 0 saturated heterocycles. The number of aromatic nitrogens is 4. The van der Waals surface area contributed by atoms with Gasteiger partial charge in [0.25, 0.3) is 5.56 Å². The van der Waals surface area contributed by atoms with Crippen LogP contribution in [0.4, 0.5) is 5.95 Å². The summed E-state index contributed by atoms with van der Waals surface area (Å²) in [6, 6.07) is 14.5. The fourth-order valence-corrected chi connectivity index (χ4v) is 3.34. The lowest BCUT2D eigenvalue weighted by Gasteiger charge is -2.06. The topological polar surface area (TPSA) is 113 Å². The van der Waals surface area contributed by atoms with Gasteiger partial charge in [0.15, 0.2) is 0 Å². The summed E-state index contributed by atoms with van der Waals surface area (Å²) >= 11 is 0. The van der Waals surface area contributed by atoms with E-state index in [1.165, 1.54) is 4.57 Å². The maximum Gasteiger partial charge on any atom is 0.328 e. The van der Waals surface area contributed by atoms with Crippen LogP contribution in [0.5, 0.6) is 0 Å². The van der Waals surface area contributed by atoms with Crippen LogP contribution in [0, 0.1) is 0 Å². The van der Waals surface area contributed by atoms with Crippen molar-refractivity contribution in [2.75, 3.05) is 5.32 Å². The number of fused-ring (bicyclic) bond motifs is 2. The van der Waals surface area contributed by atoms with E-state index in [1.807, 2.05) is 24.3 Å². The summed E-state index contributed by atoms with van der Waals surface area (Å²) in [6.07, 6.45) is 2.37. The Kier molecular flexibility index (Phi) is 5.24. The Morgan fingerprint density at radius 2 is 1.69 bits per heavy atom. The molecular weight excluding hydrogens is 370 g/mol. The minimum Gasteiger partial charge on any atom is -0.324 e. The van der Waals surface area contributed by atoms with Crippen molar-refractivity contribution >= 4 is 33.8 Å². The minimum atomic E-state index is -0.406. The van der Waals surface area contributed by atoms with Crippen molar-refractivity contribution in [3.63, 3.8) is 0 Å². The normalized spacial score (nSPS) is 11.2. The number of aromatic amines is 2. The van der Waals surface area contributed by atoms with Crippen LogP contribution in [0.25, 0.3) is 21.9 Å². The van der Waals surface area contributed by atoms with Gasteiger partial charge in [-0.2, -0.15) is 0 Å². The van der Waals surface area contributed by atoms with Crippen molar-refractivity contribution in [1.82, 2.24) is 19.5 Å². The Morgan fingerprint density at radius 1 is 0.931 bits per heavy atom. The lowest BCUT2D eigenvalue weighted by molar-refractivity contribution is -0.116. The van der Waals surface area contributed by atoms with Crippen LogP contribution in [0.1, 0.15) is 25.7 Å². The van der Waals surface area contributed by atoms with E-state index in [2.05, 4.69) is 20.3 Å². The lowest BCUT2D eigenvalue weighted by atomic mass is 10.2. The third-order valence-electron chi connectivity index (χ3n) is 4.82. The van der Waals surface area contributed by atoms with Crippen molar-refractivity contribution < 1.29 is 4.79 Å². The molecule has 8 nitrogen and oxygen atoms in total. The number of nitrogens with one attached hydrogen (secondary N) is 3. The van der Waals surface area contributed by atoms with E-state index >= 15 is 0 Å². The fourth-order valence-electron chi connectivity index (χ4n) is 3.34. The average molecular weight is 391 g/mol. The number of unbranched alkanes of at least 4 members (excludes halogenated alkanes) is 2. The Hall–Kier alpha value is -3.68. The first-order chi connectivity index (χ1) is 14.1. The number of para-hydroxylation sites is 3. The maximum atomic E-state index is 12.5. The zero-order valence-corrected chi connectivity index (χ0v) is 15.8. The SMILES string of the molecule is O=C(CCCCCn1c(=O)[nH]c2ccccc2c1=O)Nc1nc2ccccc2[nH]1. The smallest absolute Gasteiger partial charge is 0.324 e. The molecule has 2 heterocycles. The molecule has 2 aromatic heterocycles. The van der Waals surface area contributed by atoms with Crippen LogP contribution in [0.15, 0.2) is 58.1 Å². The number of carbonyl (C=O) groups excluding carboxylic acids is 1. The summed E-state index contributed by atoms with van der Waals surface area (Å²) < 4.78 is 1.22. The molecule has 0 aliphatic rings. The number of nitrogens with zero attached hydrogens (tertiary/aromatic N) is 2. The Balaban J connectivity index is 1.28. The van der Waals surface area contributed by atoms with Gasteiger partial charge in [0, 0.05) is 13.0 Å². The number of amides is 1. The molecule has 29 heavy (non-hydrogen) atoms. The molecule has 0 fully saturated rings. The fraction of sp³-hybridized carbons (Fsp3) is 0.238. The molecule has 148 valence electrons. The van der Waals surface area contributed by atoms with Crippen molar-refractivity contribution in [2.45, 2.75) is 32.2 Å². The molecule has 0 aliphatic carbocycles. The molecule has 4 rings (SSSR count). The Labute approximate surface area is 165 Å². The van der Waals surface area contributed by atoms with Gasteiger partial charge in [-0.05, 0) is 37.1 Å². The van der Waals surface area contributed by atoms with Gasteiger partial charge in [-0.1, -0.05) is 30.7 Å². The summed E-state index contributed by atoms with van der Waals surface area (Å²) in [6.45, 7) is 0.324. The number of hydrogen-bond acceptors (Lipinski definition) is 4. The highest BCUT2D eigenvalue weighted by atomic mass is 16.2. The van der Waals surface area contributed by atoms with Crippen LogP contribution in [0.2, 0.25) is 0 Å². The third kappa shape index (κ3) is 4.11. The second-order valence-electron chi connectivity index (χ2n) is 6.89. The van der Waals surface area contributed by atoms with Crippen molar-refractivity contribution in [3.05, 3.63) is 69.4 Å². The third-order valence-corrected chi connectivity index (χ3v) is 4.82. The second kappa shape index (κ2) is 8.14. The summed E-state index contributed by atoms with van der Waals surface area (Å²) in [5, 5.41) is 3.26. The highest BCUT2D eigenvalue weighted by molar-refractivity contribution is 5.91. The number of H-pyrrole nitrogens is 2. The number of imidazole rings is 1. The van der Waals surface area contributed by atoms with Crippen LogP contribution in [0.3, 0.4) is 0 Å². The number of rotatable bonds is 7. The van der Waals surface area contributed by atoms with Gasteiger partial charge in [0.05, 0.1) is 21.9 Å². The number of anilines is 1. The molecule has 0 saturated carbocycles. The molecule has 0 atom stereocenters. The number of carbonyl (C=O) groups is 1. The predicted molar refractivity (Wildman–Crippen MR) is 112 cm³/mol. The summed E-state index contributed by atoms with van der Waals surface area (Å²) in [4.78, 5) is 46.8. The largest absolute Gasteiger partial charge is 0.328 e. The van der Waals surface area contributed by atoms with E-state index < -0.39 is 5.69 Å². The first-order valence-electron chi connectivity index (χ1n) is 9.58. The molecule has 2 aromatic carbocycles. The highest BCUT2D eigenvalue weighted by Gasteiger charge is 2.08. The quantitative estimate of drug-likeness (QED) is 0.420. The molecule has 1 amide bonds. The summed E-state index contributed by atoms with van der Waals surface area (Å²) in [7, 11) is 0. The van der Waals surface area contributed by atoms with E-state index in [9.17, 15) is 14.4 Å². The van der Waals surface area contributed by atoms with E-state index in [1.54, 1.807) is 24.3 Å². The molecule has 0 radical (unpaired) electrons. The molecule has 0 unspecified atom stereocenters. The lowest BCUT2D eigenvalue weighted by Crippen LogP contribution is -2.35. The minimum absolute atomic E-state index is 0.121. The van der Waals surface area contributed by atoms with Crippen molar-refractivity contribution in [1.29, 1.82) is 0 Å². The molecule has 0 aliphatic heterocycles. The van der Waals surface area contributed by atoms with Crippen molar-refractivity contribution in [3.8, 4) is 0 Å². The van der Waals surface area contributed by atoms with Crippen LogP contribution in [-0.4, -0.2) is 25.4 Å². The standard InChI is InChI=1S/C21H21N5O3/c27-18(25-20-22-16-10-5-6-11-17(16)23-20)12-2-1-7-13-26-19(28)14-8-3-4-9-15(14)24-21(26)29/h3-6,8-11H,1-2,7,12-13H2,(H,24,29)(H2,22,23,25,27). The van der Waals surface area contributed by atoms with Gasteiger partial charge in [-0.25, -0.2) is 9.78 Å². The van der Waals surface area contributed by atoms with Crippen molar-refractivity contribution in [2.24, 2.45) is 0 Å². The van der Waals surface area contributed by atoms with Gasteiger partial charge >= 0.3 is 5.69 Å². The van der Waals surface area contributed by atoms with Crippen LogP contribution < -0.4 is 16.6 Å². The molecule has 0 bridgehead atoms. The van der Waals surface area contributed by atoms with Gasteiger partial charge in [0.2, 0.25) is 11.9 Å². The van der Waals surface area contributed by atoms with Gasteiger partial charge in [-0.3, -0.25) is 19.5 Å². The van der Waals surface area contributed by atoms with E-state index in [0.717, 1.165) is 17.5 Å². The zero-order chi connectivity index (χ0) is 20.2. The average Bonchev–Trinajstić information content (AvgIpc) is 3.12. The number of hydrogen-bond donors (Lipinski definition) is 3. The predicted octanol–water partition coefficient (Wildman–Crippen LogP) is 2.77. The first-order valence-corrected chi connectivity index (χ1v) is 9.58. The highest BCUT2D eigenvalue weighted by Crippen LogP contribution is 2.13. The summed E-state index contributed by atoms with van der Waals surface area (Å²) in [5.41, 5.74) is 1.52. The first kappa shape index (κ1) is 18.7. The number of benzene rings is 2. The van der Waals surface area contributed by atoms with Gasteiger partial charge < -0.3 is 9.97 Å². The summed E-state index contributed by atoms with van der Waals surface area (Å²) in [5.74, 6) is 0.315. The molecule has 3 N–H and O–H groups in total. The second-order valence-corrected chi connectivity index (χ2v) is 6.89. The van der Waals surface area contributed by atoms with E-state index in [0.29, 0.717) is 42.7 Å². The van der Waals surface area contributed by atoms with Crippen LogP contribution >= 0.6 is 0 Å². The monoisotopic (exact) mass is 391 g/mol. The zero-order valence-electron chi connectivity index (χ0n) is 15.8. The Bertz CT molecular complexity index is 1250. The molecule has 4 aromatic rings. The van der Waals surface area contributed by atoms with Gasteiger partial charge in [0.1, 0.15) is 0 Å². The van der Waals surface area contributed by atoms with E-state index in [4.69, 9.17) is 0 Å². The molecule has 8 heteroatoms. The Morgan fingerprint density at radius 3 is 2.52 bits per heavy atom. The van der Waals surface area contributed by atoms with Gasteiger partial charge in [-0.15, -0.1) is 0 Å². The molecule has 0 spiro atoms. The van der Waals surface area contributed by atoms with Crippen LogP contribution in [-0.2, 0) is 11.3 Å².